The summed E-state index contributed by atoms with van der Waals surface area (Å²) in [6.07, 6.45) is 2.35. The molecule has 2 rings (SSSR count). The number of H-pyrrole nitrogens is 1. The Morgan fingerprint density at radius 2 is 2.44 bits per heavy atom. The molecule has 1 atom stereocenters. The van der Waals surface area contributed by atoms with Gasteiger partial charge in [-0.3, -0.25) is 10.4 Å². The van der Waals surface area contributed by atoms with E-state index >= 15 is 0 Å². The number of amides is 2. The van der Waals surface area contributed by atoms with Crippen molar-refractivity contribution in [2.45, 2.75) is 26.3 Å². The number of rotatable bonds is 4. The van der Waals surface area contributed by atoms with Crippen LogP contribution in [0.15, 0.2) is 11.6 Å². The minimum atomic E-state index is -0.306. The fourth-order valence-corrected chi connectivity index (χ4v) is 1.97. The third-order valence-electron chi connectivity index (χ3n) is 2.29. The van der Waals surface area contributed by atoms with Crippen LogP contribution in [0.1, 0.15) is 31.0 Å². The number of nitrogens with zero attached hydrogens (tertiary/aromatic N) is 3. The van der Waals surface area contributed by atoms with Gasteiger partial charge in [0.1, 0.15) is 5.82 Å². The smallest absolute Gasteiger partial charge is 0.321 e. The van der Waals surface area contributed by atoms with Gasteiger partial charge in [-0.15, -0.1) is 11.3 Å². The summed E-state index contributed by atoms with van der Waals surface area (Å²) in [4.78, 5) is 19.9. The average Bonchev–Trinajstić information content (AvgIpc) is 2.97. The van der Waals surface area contributed by atoms with Crippen molar-refractivity contribution >= 4 is 22.5 Å². The molecule has 0 aliphatic rings. The summed E-state index contributed by atoms with van der Waals surface area (Å²) in [5.41, 5.74) is 0. The lowest BCUT2D eigenvalue weighted by atomic mass is 10.2. The molecule has 0 bridgehead atoms. The molecule has 0 radical (unpaired) electrons. The van der Waals surface area contributed by atoms with Crippen molar-refractivity contribution < 1.29 is 4.79 Å². The number of hydrogen-bond acceptors (Lipinski definition) is 5. The van der Waals surface area contributed by atoms with E-state index in [9.17, 15) is 4.79 Å². The fraction of sp³-hybridized carbons (Fsp3) is 0.400. The highest BCUT2D eigenvalue weighted by Crippen LogP contribution is 2.13. The van der Waals surface area contributed by atoms with Crippen molar-refractivity contribution in [3.8, 4) is 0 Å². The van der Waals surface area contributed by atoms with E-state index in [0.29, 0.717) is 17.4 Å². The molecule has 3 N–H and O–H groups in total. The Bertz CT molecular complexity index is 508. The molecule has 2 amide bonds. The van der Waals surface area contributed by atoms with Crippen LogP contribution in [0.5, 0.6) is 0 Å². The number of anilines is 1. The Morgan fingerprint density at radius 1 is 1.61 bits per heavy atom. The summed E-state index contributed by atoms with van der Waals surface area (Å²) in [5, 5.41) is 14.6. The Balaban J connectivity index is 1.96. The largest absolute Gasteiger partial charge is 0.328 e. The predicted molar refractivity (Wildman–Crippen MR) is 68.4 cm³/mol. The van der Waals surface area contributed by atoms with Gasteiger partial charge in [-0.1, -0.05) is 6.92 Å². The molecule has 96 valence electrons. The first-order valence-electron chi connectivity index (χ1n) is 5.55. The molecule has 0 aliphatic carbocycles. The van der Waals surface area contributed by atoms with Gasteiger partial charge in [0.2, 0.25) is 0 Å². The Kier molecular flexibility index (Phi) is 3.88. The predicted octanol–water partition coefficient (Wildman–Crippen LogP) is 1.84. The highest BCUT2D eigenvalue weighted by atomic mass is 32.1. The Morgan fingerprint density at radius 3 is 3.00 bits per heavy atom. The molecule has 7 nitrogen and oxygen atoms in total. The van der Waals surface area contributed by atoms with Crippen LogP contribution in [-0.4, -0.2) is 26.2 Å². The number of hydrogen-bond donors (Lipinski definition) is 3. The number of thiazole rings is 1. The van der Waals surface area contributed by atoms with E-state index in [2.05, 4.69) is 30.8 Å². The molecule has 0 aromatic carbocycles. The van der Waals surface area contributed by atoms with Crippen molar-refractivity contribution in [1.29, 1.82) is 0 Å². The van der Waals surface area contributed by atoms with E-state index in [1.54, 1.807) is 11.6 Å². The second kappa shape index (κ2) is 5.58. The first kappa shape index (κ1) is 12.5. The number of aryl methyl sites for hydroxylation is 1. The van der Waals surface area contributed by atoms with Gasteiger partial charge in [0, 0.05) is 11.6 Å². The van der Waals surface area contributed by atoms with Crippen LogP contribution >= 0.6 is 11.3 Å². The molecule has 0 fully saturated rings. The van der Waals surface area contributed by atoms with Gasteiger partial charge in [-0.25, -0.2) is 14.8 Å². The van der Waals surface area contributed by atoms with Gasteiger partial charge in [0.25, 0.3) is 0 Å². The van der Waals surface area contributed by atoms with Crippen molar-refractivity contribution in [3.05, 3.63) is 23.2 Å². The van der Waals surface area contributed by atoms with E-state index in [1.807, 2.05) is 13.8 Å². The van der Waals surface area contributed by atoms with Crippen molar-refractivity contribution in [2.24, 2.45) is 0 Å². The van der Waals surface area contributed by atoms with Gasteiger partial charge in [-0.05, 0) is 13.3 Å². The lowest BCUT2D eigenvalue weighted by Gasteiger charge is -2.13. The summed E-state index contributed by atoms with van der Waals surface area (Å²) in [6.45, 7) is 3.78. The third kappa shape index (κ3) is 3.04. The number of urea groups is 1. The molecule has 2 aromatic rings. The topological polar surface area (TPSA) is 95.6 Å². The van der Waals surface area contributed by atoms with Crippen LogP contribution in [0.3, 0.4) is 0 Å². The zero-order chi connectivity index (χ0) is 13.0. The monoisotopic (exact) mass is 266 g/mol. The van der Waals surface area contributed by atoms with Gasteiger partial charge in [0.05, 0.1) is 6.04 Å². The molecular formula is C10H14N6OS. The molecule has 0 saturated heterocycles. The number of aromatic nitrogens is 4. The lowest BCUT2D eigenvalue weighted by molar-refractivity contribution is 0.247. The van der Waals surface area contributed by atoms with Crippen LogP contribution in [0.2, 0.25) is 0 Å². The zero-order valence-corrected chi connectivity index (χ0v) is 10.9. The summed E-state index contributed by atoms with van der Waals surface area (Å²) >= 11 is 1.37. The zero-order valence-electron chi connectivity index (χ0n) is 10.1. The first-order chi connectivity index (χ1) is 8.69. The van der Waals surface area contributed by atoms with Gasteiger partial charge in [0.15, 0.2) is 11.0 Å². The quantitative estimate of drug-likeness (QED) is 0.786. The third-order valence-corrected chi connectivity index (χ3v) is 2.98. The van der Waals surface area contributed by atoms with Gasteiger partial charge in [-0.2, -0.15) is 5.10 Å². The van der Waals surface area contributed by atoms with Gasteiger partial charge < -0.3 is 5.32 Å². The normalized spacial score (nSPS) is 12.1. The lowest BCUT2D eigenvalue weighted by Crippen LogP contribution is -2.32. The van der Waals surface area contributed by atoms with E-state index in [-0.39, 0.29) is 12.1 Å². The second-order valence-corrected chi connectivity index (χ2v) is 4.57. The maximum Gasteiger partial charge on any atom is 0.321 e. The highest BCUT2D eigenvalue weighted by Gasteiger charge is 2.17. The number of aromatic amines is 1. The SMILES string of the molecule is CC[C@H](NC(=O)Nc1nccs1)c1n[nH]c(C)n1. The van der Waals surface area contributed by atoms with Crippen LogP contribution in [0.25, 0.3) is 0 Å². The summed E-state index contributed by atoms with van der Waals surface area (Å²) in [7, 11) is 0. The van der Waals surface area contributed by atoms with Crippen LogP contribution < -0.4 is 10.6 Å². The highest BCUT2D eigenvalue weighted by molar-refractivity contribution is 7.13. The van der Waals surface area contributed by atoms with E-state index < -0.39 is 0 Å². The molecule has 8 heteroatoms. The summed E-state index contributed by atoms with van der Waals surface area (Å²) in [6, 6.07) is -0.519. The maximum atomic E-state index is 11.7. The average molecular weight is 266 g/mol. The number of nitrogens with one attached hydrogen (secondary N) is 3. The van der Waals surface area contributed by atoms with E-state index in [4.69, 9.17) is 0 Å². The fourth-order valence-electron chi connectivity index (χ4n) is 1.44. The van der Waals surface area contributed by atoms with E-state index in [0.717, 1.165) is 5.82 Å². The molecule has 0 aliphatic heterocycles. The Labute approximate surface area is 108 Å². The molecule has 0 spiro atoms. The van der Waals surface area contributed by atoms with Crippen LogP contribution in [0, 0.1) is 6.92 Å². The standard InChI is InChI=1S/C10H14N6OS/c1-3-7(8-12-6(2)15-16-8)13-9(17)14-10-11-4-5-18-10/h4-5,7H,3H2,1-2H3,(H,12,15,16)(H2,11,13,14,17)/t7-/m0/s1. The van der Waals surface area contributed by atoms with Crippen molar-refractivity contribution in [2.75, 3.05) is 5.32 Å². The molecule has 0 saturated carbocycles. The number of carbonyl (C=O) groups excluding carboxylic acids is 1. The van der Waals surface area contributed by atoms with Crippen molar-refractivity contribution in [1.82, 2.24) is 25.5 Å². The summed E-state index contributed by atoms with van der Waals surface area (Å²) in [5.74, 6) is 1.31. The van der Waals surface area contributed by atoms with Crippen LogP contribution in [-0.2, 0) is 0 Å². The van der Waals surface area contributed by atoms with Crippen molar-refractivity contribution in [3.63, 3.8) is 0 Å². The molecule has 2 heterocycles. The molecule has 18 heavy (non-hydrogen) atoms. The summed E-state index contributed by atoms with van der Waals surface area (Å²) < 4.78 is 0. The minimum absolute atomic E-state index is 0.213. The Hall–Kier alpha value is -1.96. The van der Waals surface area contributed by atoms with Crippen LogP contribution in [0.4, 0.5) is 9.93 Å². The number of carbonyl (C=O) groups is 1. The van der Waals surface area contributed by atoms with E-state index in [1.165, 1.54) is 11.3 Å². The molecular weight excluding hydrogens is 252 g/mol. The molecule has 0 unspecified atom stereocenters. The van der Waals surface area contributed by atoms with Gasteiger partial charge >= 0.3 is 6.03 Å². The maximum absolute atomic E-state index is 11.7. The molecule has 2 aromatic heterocycles. The second-order valence-electron chi connectivity index (χ2n) is 3.68. The first-order valence-corrected chi connectivity index (χ1v) is 6.43. The minimum Gasteiger partial charge on any atom is -0.328 e.